The van der Waals surface area contributed by atoms with Crippen LogP contribution in [0.1, 0.15) is 18.4 Å². The summed E-state index contributed by atoms with van der Waals surface area (Å²) in [6.07, 6.45) is 6.28. The molecule has 1 aliphatic rings. The van der Waals surface area contributed by atoms with Crippen molar-refractivity contribution in [1.29, 1.82) is 0 Å². The molecule has 0 aromatic carbocycles. The van der Waals surface area contributed by atoms with E-state index >= 15 is 0 Å². The number of hydrogen-bond acceptors (Lipinski definition) is 6. The van der Waals surface area contributed by atoms with Gasteiger partial charge in [0.1, 0.15) is 0 Å². The highest BCUT2D eigenvalue weighted by atomic mass is 32.2. The minimum atomic E-state index is -3.12. The van der Waals surface area contributed by atoms with Gasteiger partial charge >= 0.3 is 0 Å². The zero-order valence-electron chi connectivity index (χ0n) is 15.3. The first kappa shape index (κ1) is 17.9. The van der Waals surface area contributed by atoms with Gasteiger partial charge in [0.25, 0.3) is 0 Å². The van der Waals surface area contributed by atoms with Crippen molar-refractivity contribution in [3.05, 3.63) is 42.2 Å². The number of rotatable bonds is 4. The molecule has 1 aliphatic heterocycles. The highest BCUT2D eigenvalue weighted by molar-refractivity contribution is 7.88. The number of pyridine rings is 1. The lowest BCUT2D eigenvalue weighted by atomic mass is 10.1. The summed E-state index contributed by atoms with van der Waals surface area (Å²) in [5.41, 5.74) is 3.80. The number of sulfonamides is 1. The Hall–Kier alpha value is -2.52. The standard InChI is InChI=1S/C18H22N6O2S/c1-13-5-8-19-16(11-13)17-4-3-15-12-20-18(22-24(15)17)21-14-6-9-23(10-7-14)27(2,25)26/h3-5,8,11-12,14H,6-7,9-10H2,1-2H3,(H,21,22). The van der Waals surface area contributed by atoms with E-state index in [1.807, 2.05) is 35.7 Å². The van der Waals surface area contributed by atoms with E-state index in [2.05, 4.69) is 20.4 Å². The minimum Gasteiger partial charge on any atom is -0.350 e. The summed E-state index contributed by atoms with van der Waals surface area (Å²) >= 11 is 0. The Balaban J connectivity index is 1.55. The van der Waals surface area contributed by atoms with Gasteiger partial charge in [-0.1, -0.05) is 0 Å². The average molecular weight is 386 g/mol. The lowest BCUT2D eigenvalue weighted by molar-refractivity contribution is 0.331. The van der Waals surface area contributed by atoms with Crippen LogP contribution in [-0.4, -0.2) is 57.7 Å². The molecular weight excluding hydrogens is 364 g/mol. The molecule has 4 rings (SSSR count). The molecule has 8 nitrogen and oxygen atoms in total. The molecule has 0 radical (unpaired) electrons. The summed E-state index contributed by atoms with van der Waals surface area (Å²) in [7, 11) is -3.12. The van der Waals surface area contributed by atoms with Crippen molar-refractivity contribution < 1.29 is 8.42 Å². The predicted molar refractivity (Wildman–Crippen MR) is 104 cm³/mol. The van der Waals surface area contributed by atoms with Crippen LogP contribution in [0.2, 0.25) is 0 Å². The van der Waals surface area contributed by atoms with E-state index in [0.717, 1.165) is 35.3 Å². The quantitative estimate of drug-likeness (QED) is 0.737. The maximum Gasteiger partial charge on any atom is 0.241 e. The highest BCUT2D eigenvalue weighted by Crippen LogP contribution is 2.22. The third-order valence-electron chi connectivity index (χ3n) is 4.83. The molecule has 1 saturated heterocycles. The van der Waals surface area contributed by atoms with Crippen molar-refractivity contribution in [2.75, 3.05) is 24.7 Å². The third-order valence-corrected chi connectivity index (χ3v) is 6.14. The maximum atomic E-state index is 11.6. The fourth-order valence-electron chi connectivity index (χ4n) is 3.35. The smallest absolute Gasteiger partial charge is 0.241 e. The first-order valence-electron chi connectivity index (χ1n) is 8.89. The van der Waals surface area contributed by atoms with E-state index in [1.54, 1.807) is 12.4 Å². The molecule has 0 bridgehead atoms. The molecule has 3 aromatic heterocycles. The Morgan fingerprint density at radius 2 is 1.93 bits per heavy atom. The Bertz CT molecular complexity index is 1070. The molecule has 0 aliphatic carbocycles. The second-order valence-corrected chi connectivity index (χ2v) is 8.92. The van der Waals surface area contributed by atoms with Gasteiger partial charge in [-0.15, -0.1) is 5.10 Å². The van der Waals surface area contributed by atoms with Crippen LogP contribution >= 0.6 is 0 Å². The van der Waals surface area contributed by atoms with Gasteiger partial charge in [-0.05, 0) is 49.6 Å². The summed E-state index contributed by atoms with van der Waals surface area (Å²) in [6.45, 7) is 3.06. The number of aryl methyl sites for hydroxylation is 1. The van der Waals surface area contributed by atoms with E-state index in [4.69, 9.17) is 0 Å². The van der Waals surface area contributed by atoms with Gasteiger partial charge in [0.15, 0.2) is 0 Å². The number of piperidine rings is 1. The summed E-state index contributed by atoms with van der Waals surface area (Å²) in [5.74, 6) is 0.533. The van der Waals surface area contributed by atoms with Gasteiger partial charge < -0.3 is 5.32 Å². The lowest BCUT2D eigenvalue weighted by Gasteiger charge is -2.30. The SMILES string of the molecule is Cc1ccnc(-c2ccc3cnc(NC4CCN(S(C)(=O)=O)CC4)nn23)c1. The van der Waals surface area contributed by atoms with Crippen molar-refractivity contribution in [2.45, 2.75) is 25.8 Å². The third kappa shape index (κ3) is 3.79. The average Bonchev–Trinajstić information content (AvgIpc) is 3.05. The van der Waals surface area contributed by atoms with Gasteiger partial charge in [-0.3, -0.25) is 4.98 Å². The number of hydrogen-bond donors (Lipinski definition) is 1. The molecule has 0 atom stereocenters. The van der Waals surface area contributed by atoms with Gasteiger partial charge in [-0.2, -0.15) is 0 Å². The Kier molecular flexibility index (Phi) is 4.56. The number of aromatic nitrogens is 4. The molecule has 0 unspecified atom stereocenters. The van der Waals surface area contributed by atoms with Crippen molar-refractivity contribution in [3.8, 4) is 11.4 Å². The second-order valence-electron chi connectivity index (χ2n) is 6.94. The van der Waals surface area contributed by atoms with Gasteiger partial charge in [0.2, 0.25) is 16.0 Å². The first-order chi connectivity index (χ1) is 12.9. The highest BCUT2D eigenvalue weighted by Gasteiger charge is 2.25. The minimum absolute atomic E-state index is 0.150. The van der Waals surface area contributed by atoms with E-state index < -0.39 is 10.0 Å². The van der Waals surface area contributed by atoms with Crippen LogP contribution in [0.15, 0.2) is 36.7 Å². The summed E-state index contributed by atoms with van der Waals surface area (Å²) in [6, 6.07) is 8.09. The first-order valence-corrected chi connectivity index (χ1v) is 10.7. The molecule has 0 saturated carbocycles. The second kappa shape index (κ2) is 6.90. The van der Waals surface area contributed by atoms with Gasteiger partial charge in [0, 0.05) is 25.3 Å². The number of anilines is 1. The van der Waals surface area contributed by atoms with Crippen LogP contribution in [0.3, 0.4) is 0 Å². The number of nitrogens with zero attached hydrogens (tertiary/aromatic N) is 5. The van der Waals surface area contributed by atoms with Crippen LogP contribution in [0, 0.1) is 6.92 Å². The summed E-state index contributed by atoms with van der Waals surface area (Å²) in [4.78, 5) is 8.84. The molecule has 1 N–H and O–H groups in total. The van der Waals surface area contributed by atoms with Crippen LogP contribution < -0.4 is 5.32 Å². The fraction of sp³-hybridized carbons (Fsp3) is 0.389. The molecule has 4 heterocycles. The molecule has 0 spiro atoms. The topological polar surface area (TPSA) is 92.5 Å². The van der Waals surface area contributed by atoms with E-state index in [0.29, 0.717) is 19.0 Å². The molecule has 9 heteroatoms. The van der Waals surface area contributed by atoms with Crippen molar-refractivity contribution in [3.63, 3.8) is 0 Å². The van der Waals surface area contributed by atoms with Gasteiger partial charge in [-0.25, -0.2) is 22.2 Å². The molecule has 142 valence electrons. The van der Waals surface area contributed by atoms with Crippen LogP contribution in [0.4, 0.5) is 5.95 Å². The van der Waals surface area contributed by atoms with Gasteiger partial charge in [0.05, 0.1) is 29.4 Å². The molecule has 27 heavy (non-hydrogen) atoms. The van der Waals surface area contributed by atoms with Crippen LogP contribution in [0.5, 0.6) is 0 Å². The Morgan fingerprint density at radius 1 is 1.15 bits per heavy atom. The Morgan fingerprint density at radius 3 is 2.63 bits per heavy atom. The van der Waals surface area contributed by atoms with Crippen molar-refractivity contribution in [2.24, 2.45) is 0 Å². The van der Waals surface area contributed by atoms with E-state index in [1.165, 1.54) is 10.6 Å². The van der Waals surface area contributed by atoms with Crippen LogP contribution in [0.25, 0.3) is 16.9 Å². The van der Waals surface area contributed by atoms with Crippen LogP contribution in [-0.2, 0) is 10.0 Å². The summed E-state index contributed by atoms with van der Waals surface area (Å²) < 4.78 is 26.6. The van der Waals surface area contributed by atoms with Crippen molar-refractivity contribution >= 4 is 21.5 Å². The molecule has 3 aromatic rings. The number of nitrogens with one attached hydrogen (secondary N) is 1. The molecular formula is C18H22N6O2S. The molecule has 0 amide bonds. The zero-order valence-corrected chi connectivity index (χ0v) is 16.1. The fourth-order valence-corrected chi connectivity index (χ4v) is 4.23. The predicted octanol–water partition coefficient (Wildman–Crippen LogP) is 1.94. The lowest BCUT2D eigenvalue weighted by Crippen LogP contribution is -2.42. The van der Waals surface area contributed by atoms with Crippen molar-refractivity contribution in [1.82, 2.24) is 23.9 Å². The zero-order chi connectivity index (χ0) is 19.0. The van der Waals surface area contributed by atoms with E-state index in [-0.39, 0.29) is 6.04 Å². The number of fused-ring (bicyclic) bond motifs is 1. The van der Waals surface area contributed by atoms with E-state index in [9.17, 15) is 8.42 Å². The monoisotopic (exact) mass is 386 g/mol. The molecule has 1 fully saturated rings. The Labute approximate surface area is 158 Å². The normalized spacial score (nSPS) is 16.7. The maximum absolute atomic E-state index is 11.6. The largest absolute Gasteiger partial charge is 0.350 e. The summed E-state index contributed by atoms with van der Waals surface area (Å²) in [5, 5.41) is 7.97.